The zero-order chi connectivity index (χ0) is 12.8. The fourth-order valence-corrected chi connectivity index (χ4v) is 1.49. The van der Waals surface area contributed by atoms with Gasteiger partial charge in [0.25, 0.3) is 0 Å². The van der Waals surface area contributed by atoms with Crippen LogP contribution in [0.3, 0.4) is 0 Å². The number of nitrogens with zero attached hydrogens (tertiary/aromatic N) is 2. The van der Waals surface area contributed by atoms with Crippen LogP contribution in [0.2, 0.25) is 0 Å². The summed E-state index contributed by atoms with van der Waals surface area (Å²) in [5.41, 5.74) is 5.72. The van der Waals surface area contributed by atoms with Crippen molar-refractivity contribution in [2.24, 2.45) is 0 Å². The van der Waals surface area contributed by atoms with Crippen LogP contribution < -0.4 is 5.73 Å². The highest BCUT2D eigenvalue weighted by atomic mass is 32.2. The molecule has 90 valence electrons. The molecule has 0 aliphatic rings. The maximum Gasteiger partial charge on any atom is 0.311 e. The van der Waals surface area contributed by atoms with Crippen molar-refractivity contribution in [1.29, 1.82) is 0 Å². The number of carbonyl (C=O) groups excluding carboxylic acids is 1. The third-order valence-electron chi connectivity index (χ3n) is 1.81. The lowest BCUT2D eigenvalue weighted by atomic mass is 10.2. The molecule has 1 heterocycles. The van der Waals surface area contributed by atoms with Crippen LogP contribution >= 0.6 is 11.8 Å². The minimum atomic E-state index is -0.579. The number of nitro groups is 1. The van der Waals surface area contributed by atoms with E-state index in [1.807, 2.05) is 0 Å². The van der Waals surface area contributed by atoms with Crippen LogP contribution in [0.1, 0.15) is 12.5 Å². The van der Waals surface area contributed by atoms with Crippen molar-refractivity contribution in [3.8, 4) is 0 Å². The zero-order valence-corrected chi connectivity index (χ0v) is 9.94. The molecule has 0 aliphatic heterocycles. The Morgan fingerprint density at radius 2 is 2.41 bits per heavy atom. The summed E-state index contributed by atoms with van der Waals surface area (Å²) in [5, 5.41) is 10.6. The Hall–Kier alpha value is -1.89. The topological polar surface area (TPSA) is 99.1 Å². The van der Waals surface area contributed by atoms with Gasteiger partial charge in [-0.15, -0.1) is 0 Å². The number of aromatic nitrogens is 1. The Morgan fingerprint density at radius 3 is 3.00 bits per heavy atom. The average Bonchev–Trinajstić information content (AvgIpc) is 2.25. The lowest BCUT2D eigenvalue weighted by Crippen LogP contribution is -1.98. The van der Waals surface area contributed by atoms with Gasteiger partial charge in [-0.1, -0.05) is 23.9 Å². The van der Waals surface area contributed by atoms with Gasteiger partial charge in [-0.25, -0.2) is 4.98 Å². The number of nitrogen functional groups attached to an aromatic ring is 1. The maximum absolute atomic E-state index is 10.7. The van der Waals surface area contributed by atoms with Gasteiger partial charge in [0.15, 0.2) is 5.12 Å². The lowest BCUT2D eigenvalue weighted by molar-refractivity contribution is -0.384. The van der Waals surface area contributed by atoms with Gasteiger partial charge in [0.05, 0.1) is 4.92 Å². The van der Waals surface area contributed by atoms with E-state index in [1.54, 1.807) is 12.2 Å². The quantitative estimate of drug-likeness (QED) is 0.649. The number of nitrogens with two attached hydrogens (primary N) is 1. The first kappa shape index (κ1) is 13.2. The third-order valence-corrected chi connectivity index (χ3v) is 2.57. The monoisotopic (exact) mass is 253 g/mol. The summed E-state index contributed by atoms with van der Waals surface area (Å²) < 4.78 is 0. The van der Waals surface area contributed by atoms with E-state index in [4.69, 9.17) is 5.73 Å². The summed E-state index contributed by atoms with van der Waals surface area (Å²) in [4.78, 5) is 24.4. The molecule has 0 atom stereocenters. The maximum atomic E-state index is 10.7. The summed E-state index contributed by atoms with van der Waals surface area (Å²) in [7, 11) is 0. The Morgan fingerprint density at radius 1 is 1.71 bits per heavy atom. The van der Waals surface area contributed by atoms with Crippen molar-refractivity contribution in [2.45, 2.75) is 6.92 Å². The standard InChI is InChI=1S/C10H11N3O3S/c1-7(14)17-4-2-3-8-5-9(13(15)16)10(11)12-6-8/h2-3,5-6H,4H2,1H3,(H2,11,12). The molecule has 0 saturated carbocycles. The second-order valence-corrected chi connectivity index (χ2v) is 4.33. The molecule has 17 heavy (non-hydrogen) atoms. The van der Waals surface area contributed by atoms with Crippen LogP contribution in [0, 0.1) is 10.1 Å². The SMILES string of the molecule is CC(=O)SCC=Cc1cnc(N)c([N+](=O)[O-])c1. The third kappa shape index (κ3) is 4.23. The van der Waals surface area contributed by atoms with Gasteiger partial charge >= 0.3 is 5.69 Å². The average molecular weight is 253 g/mol. The molecule has 0 amide bonds. The summed E-state index contributed by atoms with van der Waals surface area (Å²) >= 11 is 1.16. The van der Waals surface area contributed by atoms with Gasteiger partial charge in [0, 0.05) is 24.9 Å². The molecular formula is C10H11N3O3S. The summed E-state index contributed by atoms with van der Waals surface area (Å²) in [5.74, 6) is 0.415. The highest BCUT2D eigenvalue weighted by molar-refractivity contribution is 8.13. The number of thioether (sulfide) groups is 1. The highest BCUT2D eigenvalue weighted by Crippen LogP contribution is 2.20. The Balaban J connectivity index is 2.75. The van der Waals surface area contributed by atoms with Gasteiger partial charge in [-0.05, 0) is 5.56 Å². The number of pyridine rings is 1. The van der Waals surface area contributed by atoms with Crippen LogP contribution in [0.25, 0.3) is 6.08 Å². The minimum absolute atomic E-state index is 0.0241. The van der Waals surface area contributed by atoms with E-state index in [1.165, 1.54) is 19.2 Å². The van der Waals surface area contributed by atoms with Crippen LogP contribution in [-0.2, 0) is 4.79 Å². The van der Waals surface area contributed by atoms with Crippen molar-refractivity contribution in [2.75, 3.05) is 11.5 Å². The second-order valence-electron chi connectivity index (χ2n) is 3.14. The van der Waals surface area contributed by atoms with Crippen molar-refractivity contribution in [3.63, 3.8) is 0 Å². The van der Waals surface area contributed by atoms with E-state index >= 15 is 0 Å². The molecule has 6 nitrogen and oxygen atoms in total. The van der Waals surface area contributed by atoms with Gasteiger partial charge in [0.2, 0.25) is 5.82 Å². The van der Waals surface area contributed by atoms with Crippen molar-refractivity contribution >= 4 is 34.5 Å². The predicted molar refractivity (Wildman–Crippen MR) is 67.5 cm³/mol. The fraction of sp³-hybridized carbons (Fsp3) is 0.200. The lowest BCUT2D eigenvalue weighted by Gasteiger charge is -1.97. The number of rotatable bonds is 4. The molecule has 0 bridgehead atoms. The molecule has 1 aromatic rings. The highest BCUT2D eigenvalue weighted by Gasteiger charge is 2.12. The first-order chi connectivity index (χ1) is 8.00. The van der Waals surface area contributed by atoms with Crippen LogP contribution in [0.4, 0.5) is 11.5 Å². The van der Waals surface area contributed by atoms with Gasteiger partial charge in [-0.2, -0.15) is 0 Å². The molecule has 0 aliphatic carbocycles. The molecule has 2 N–H and O–H groups in total. The van der Waals surface area contributed by atoms with E-state index in [9.17, 15) is 14.9 Å². The Kier molecular flexibility index (Phi) is 4.65. The predicted octanol–water partition coefficient (Wildman–Crippen LogP) is 1.86. The van der Waals surface area contributed by atoms with Gasteiger partial charge in [0.1, 0.15) is 0 Å². The van der Waals surface area contributed by atoms with E-state index in [2.05, 4.69) is 4.98 Å². The molecule has 0 unspecified atom stereocenters. The van der Waals surface area contributed by atoms with Crippen LogP contribution in [0.15, 0.2) is 18.3 Å². The molecule has 7 heteroatoms. The van der Waals surface area contributed by atoms with Crippen molar-refractivity contribution in [3.05, 3.63) is 34.0 Å². The van der Waals surface area contributed by atoms with E-state index in [0.717, 1.165) is 11.8 Å². The molecule has 0 saturated heterocycles. The van der Waals surface area contributed by atoms with Crippen molar-refractivity contribution in [1.82, 2.24) is 4.98 Å². The first-order valence-corrected chi connectivity index (χ1v) is 5.69. The number of carbonyl (C=O) groups is 1. The molecule has 0 spiro atoms. The number of hydrogen-bond donors (Lipinski definition) is 1. The summed E-state index contributed by atoms with van der Waals surface area (Å²) in [6.07, 6.45) is 4.84. The Labute approximate surface area is 102 Å². The molecule has 0 aromatic carbocycles. The number of anilines is 1. The normalized spacial score (nSPS) is 10.6. The minimum Gasteiger partial charge on any atom is -0.378 e. The van der Waals surface area contributed by atoms with E-state index in [-0.39, 0.29) is 16.6 Å². The zero-order valence-electron chi connectivity index (χ0n) is 9.12. The van der Waals surface area contributed by atoms with Crippen LogP contribution in [0.5, 0.6) is 0 Å². The summed E-state index contributed by atoms with van der Waals surface area (Å²) in [6, 6.07) is 1.34. The molecule has 1 rings (SSSR count). The largest absolute Gasteiger partial charge is 0.378 e. The van der Waals surface area contributed by atoms with Gasteiger partial charge in [-0.3, -0.25) is 14.9 Å². The number of hydrogen-bond acceptors (Lipinski definition) is 6. The van der Waals surface area contributed by atoms with E-state index in [0.29, 0.717) is 11.3 Å². The molecular weight excluding hydrogens is 242 g/mol. The van der Waals surface area contributed by atoms with Crippen LogP contribution in [-0.4, -0.2) is 20.8 Å². The van der Waals surface area contributed by atoms with Crippen molar-refractivity contribution < 1.29 is 9.72 Å². The fourth-order valence-electron chi connectivity index (χ4n) is 1.07. The van der Waals surface area contributed by atoms with E-state index < -0.39 is 4.92 Å². The van der Waals surface area contributed by atoms with Gasteiger partial charge < -0.3 is 5.73 Å². The Bertz CT molecular complexity index is 474. The summed E-state index contributed by atoms with van der Waals surface area (Å²) in [6.45, 7) is 1.48. The smallest absolute Gasteiger partial charge is 0.311 e. The molecule has 1 aromatic heterocycles. The molecule has 0 radical (unpaired) electrons. The molecule has 0 fully saturated rings. The second kappa shape index (κ2) is 6.00. The first-order valence-electron chi connectivity index (χ1n) is 4.70.